The highest BCUT2D eigenvalue weighted by Crippen LogP contribution is 2.30. The first-order valence-corrected chi connectivity index (χ1v) is 6.66. The van der Waals surface area contributed by atoms with Crippen LogP contribution in [0.1, 0.15) is 27.7 Å². The Morgan fingerprint density at radius 1 is 1.44 bits per heavy atom. The highest BCUT2D eigenvalue weighted by atomic mass is 15.4. The van der Waals surface area contributed by atoms with Gasteiger partial charge in [-0.05, 0) is 24.5 Å². The van der Waals surface area contributed by atoms with E-state index in [-0.39, 0.29) is 0 Å². The maximum absolute atomic E-state index is 4.45. The van der Waals surface area contributed by atoms with E-state index < -0.39 is 0 Å². The molecule has 1 unspecified atom stereocenters. The lowest BCUT2D eigenvalue weighted by molar-refractivity contribution is 0.381. The average Bonchev–Trinajstić information content (AvgIpc) is 2.59. The third-order valence-corrected chi connectivity index (χ3v) is 3.08. The van der Waals surface area contributed by atoms with Gasteiger partial charge in [-0.2, -0.15) is 0 Å². The summed E-state index contributed by atoms with van der Waals surface area (Å²) in [5.41, 5.74) is 1.48. The fourth-order valence-corrected chi connectivity index (χ4v) is 2.19. The Morgan fingerprint density at radius 3 is 2.94 bits per heavy atom. The smallest absolute Gasteiger partial charge is 0.153 e. The van der Waals surface area contributed by atoms with Gasteiger partial charge in [-0.1, -0.05) is 20.8 Å². The minimum absolute atomic E-state index is 0.325. The monoisotopic (exact) mass is 248 g/mol. The summed E-state index contributed by atoms with van der Waals surface area (Å²) in [4.78, 5) is 6.76. The second kappa shape index (κ2) is 5.14. The van der Waals surface area contributed by atoms with E-state index in [1.165, 1.54) is 0 Å². The van der Waals surface area contributed by atoms with Crippen LogP contribution in [0.15, 0.2) is 18.3 Å². The van der Waals surface area contributed by atoms with E-state index in [9.17, 15) is 0 Å². The van der Waals surface area contributed by atoms with Crippen molar-refractivity contribution < 1.29 is 0 Å². The second-order valence-corrected chi connectivity index (χ2v) is 6.13. The standard InChI is InChI=1S/C14H24N4/c1-11-17-12-6-5-7-16-13(12)18(11)9-8-15-10-14(2,3)4/h5-7,11,15,17H,8-10H2,1-4H3. The van der Waals surface area contributed by atoms with Gasteiger partial charge in [0.1, 0.15) is 0 Å². The summed E-state index contributed by atoms with van der Waals surface area (Å²) < 4.78 is 0. The minimum atomic E-state index is 0.325. The van der Waals surface area contributed by atoms with Crippen molar-refractivity contribution in [3.63, 3.8) is 0 Å². The molecule has 2 rings (SSSR count). The first-order valence-electron chi connectivity index (χ1n) is 6.66. The van der Waals surface area contributed by atoms with E-state index in [2.05, 4.69) is 54.3 Å². The maximum atomic E-state index is 4.45. The number of hydrogen-bond donors (Lipinski definition) is 2. The zero-order chi connectivity index (χ0) is 13.2. The number of anilines is 2. The Labute approximate surface area is 110 Å². The highest BCUT2D eigenvalue weighted by Gasteiger charge is 2.25. The van der Waals surface area contributed by atoms with E-state index in [4.69, 9.17) is 0 Å². The number of nitrogens with one attached hydrogen (secondary N) is 2. The van der Waals surface area contributed by atoms with Crippen LogP contribution in [0.25, 0.3) is 0 Å². The SMILES string of the molecule is CC1Nc2cccnc2N1CCNCC(C)(C)C. The Morgan fingerprint density at radius 2 is 2.22 bits per heavy atom. The predicted molar refractivity (Wildman–Crippen MR) is 77.0 cm³/mol. The average molecular weight is 248 g/mol. The lowest BCUT2D eigenvalue weighted by atomic mass is 9.97. The summed E-state index contributed by atoms with van der Waals surface area (Å²) in [6, 6.07) is 4.06. The molecule has 1 aromatic rings. The number of pyridine rings is 1. The van der Waals surface area contributed by atoms with Crippen LogP contribution in [0.5, 0.6) is 0 Å². The molecule has 2 N–H and O–H groups in total. The Bertz CT molecular complexity index is 397. The number of hydrogen-bond acceptors (Lipinski definition) is 4. The predicted octanol–water partition coefficient (Wildman–Crippen LogP) is 2.30. The fourth-order valence-electron chi connectivity index (χ4n) is 2.19. The van der Waals surface area contributed by atoms with Crippen LogP contribution >= 0.6 is 0 Å². The summed E-state index contributed by atoms with van der Waals surface area (Å²) in [6.07, 6.45) is 2.18. The summed E-state index contributed by atoms with van der Waals surface area (Å²) >= 11 is 0. The molecule has 1 aliphatic heterocycles. The molecule has 18 heavy (non-hydrogen) atoms. The van der Waals surface area contributed by atoms with E-state index in [0.717, 1.165) is 31.1 Å². The molecule has 4 heteroatoms. The van der Waals surface area contributed by atoms with Gasteiger partial charge in [-0.15, -0.1) is 0 Å². The molecule has 0 amide bonds. The molecular weight excluding hydrogens is 224 g/mol. The molecule has 0 aromatic carbocycles. The first-order chi connectivity index (χ1) is 8.47. The van der Waals surface area contributed by atoms with Crippen molar-refractivity contribution in [2.75, 3.05) is 29.9 Å². The van der Waals surface area contributed by atoms with Gasteiger partial charge in [0.15, 0.2) is 5.82 Å². The molecular formula is C14H24N4. The topological polar surface area (TPSA) is 40.2 Å². The largest absolute Gasteiger partial charge is 0.362 e. The molecule has 1 aliphatic rings. The van der Waals surface area contributed by atoms with Gasteiger partial charge in [-0.3, -0.25) is 0 Å². The van der Waals surface area contributed by atoms with Gasteiger partial charge in [-0.25, -0.2) is 4.98 Å². The van der Waals surface area contributed by atoms with E-state index >= 15 is 0 Å². The number of aromatic nitrogens is 1. The number of nitrogens with zero attached hydrogens (tertiary/aromatic N) is 2. The van der Waals surface area contributed by atoms with Crippen molar-refractivity contribution in [1.29, 1.82) is 0 Å². The summed E-state index contributed by atoms with van der Waals surface area (Å²) in [5.74, 6) is 1.07. The fraction of sp³-hybridized carbons (Fsp3) is 0.643. The van der Waals surface area contributed by atoms with Gasteiger partial charge in [0.05, 0.1) is 11.9 Å². The lowest BCUT2D eigenvalue weighted by Crippen LogP contribution is -2.40. The van der Waals surface area contributed by atoms with Crippen molar-refractivity contribution in [2.45, 2.75) is 33.9 Å². The summed E-state index contributed by atoms with van der Waals surface area (Å²) in [7, 11) is 0. The Balaban J connectivity index is 1.87. The Kier molecular flexibility index (Phi) is 3.76. The molecule has 1 aromatic heterocycles. The van der Waals surface area contributed by atoms with Gasteiger partial charge >= 0.3 is 0 Å². The quantitative estimate of drug-likeness (QED) is 0.802. The van der Waals surface area contributed by atoms with E-state index in [0.29, 0.717) is 11.6 Å². The van der Waals surface area contributed by atoms with Crippen LogP contribution in [0.2, 0.25) is 0 Å². The molecule has 0 spiro atoms. The minimum Gasteiger partial charge on any atom is -0.362 e. The van der Waals surface area contributed by atoms with Crippen LogP contribution in [0.4, 0.5) is 11.5 Å². The molecule has 0 saturated heterocycles. The van der Waals surface area contributed by atoms with Crippen LogP contribution in [0, 0.1) is 5.41 Å². The second-order valence-electron chi connectivity index (χ2n) is 6.13. The van der Waals surface area contributed by atoms with Crippen molar-refractivity contribution in [1.82, 2.24) is 10.3 Å². The zero-order valence-corrected chi connectivity index (χ0v) is 11.8. The molecule has 0 fully saturated rings. The summed E-state index contributed by atoms with van der Waals surface area (Å²) in [6.45, 7) is 11.9. The van der Waals surface area contributed by atoms with Crippen LogP contribution in [-0.4, -0.2) is 30.8 Å². The van der Waals surface area contributed by atoms with Gasteiger partial charge < -0.3 is 15.5 Å². The van der Waals surface area contributed by atoms with Crippen molar-refractivity contribution in [2.24, 2.45) is 5.41 Å². The molecule has 0 aliphatic carbocycles. The third kappa shape index (κ3) is 3.13. The normalized spacial score (nSPS) is 18.7. The van der Waals surface area contributed by atoms with Gasteiger partial charge in [0, 0.05) is 25.8 Å². The molecule has 100 valence electrons. The summed E-state index contributed by atoms with van der Waals surface area (Å²) in [5, 5.41) is 6.95. The number of rotatable bonds is 4. The van der Waals surface area contributed by atoms with Crippen molar-refractivity contribution in [3.8, 4) is 0 Å². The molecule has 0 saturated carbocycles. The maximum Gasteiger partial charge on any atom is 0.153 e. The zero-order valence-electron chi connectivity index (χ0n) is 11.8. The van der Waals surface area contributed by atoms with Gasteiger partial charge in [0.2, 0.25) is 0 Å². The van der Waals surface area contributed by atoms with E-state index in [1.54, 1.807) is 0 Å². The molecule has 0 bridgehead atoms. The number of fused-ring (bicyclic) bond motifs is 1. The Hall–Kier alpha value is -1.29. The van der Waals surface area contributed by atoms with Crippen molar-refractivity contribution >= 4 is 11.5 Å². The molecule has 1 atom stereocenters. The van der Waals surface area contributed by atoms with Crippen LogP contribution in [0.3, 0.4) is 0 Å². The molecule has 0 radical (unpaired) electrons. The van der Waals surface area contributed by atoms with Gasteiger partial charge in [0.25, 0.3) is 0 Å². The van der Waals surface area contributed by atoms with E-state index in [1.807, 2.05) is 12.3 Å². The lowest BCUT2D eigenvalue weighted by Gasteiger charge is -2.24. The third-order valence-electron chi connectivity index (χ3n) is 3.08. The van der Waals surface area contributed by atoms with Crippen molar-refractivity contribution in [3.05, 3.63) is 18.3 Å². The van der Waals surface area contributed by atoms with Crippen LogP contribution in [-0.2, 0) is 0 Å². The van der Waals surface area contributed by atoms with Crippen LogP contribution < -0.4 is 15.5 Å². The first kappa shape index (κ1) is 13.1. The molecule has 4 nitrogen and oxygen atoms in total. The molecule has 2 heterocycles. The highest BCUT2D eigenvalue weighted by molar-refractivity contribution is 5.71.